The minimum atomic E-state index is 0.0629. The number of hydrogen-bond acceptors (Lipinski definition) is 0. The molecular formula is C25H35N2+. The molecule has 0 saturated heterocycles. The van der Waals surface area contributed by atoms with Gasteiger partial charge in [0, 0.05) is 6.92 Å². The van der Waals surface area contributed by atoms with E-state index in [1.807, 2.05) is 0 Å². The summed E-state index contributed by atoms with van der Waals surface area (Å²) >= 11 is 0. The Morgan fingerprint density at radius 1 is 1.04 bits per heavy atom. The Hall–Kier alpha value is -1.83. The van der Waals surface area contributed by atoms with Crippen LogP contribution >= 0.6 is 0 Å². The molecule has 2 heterocycles. The summed E-state index contributed by atoms with van der Waals surface area (Å²) < 4.78 is 5.06. The first-order chi connectivity index (χ1) is 12.7. The van der Waals surface area contributed by atoms with E-state index >= 15 is 0 Å². The fourth-order valence-corrected chi connectivity index (χ4v) is 5.59. The average molecular weight is 364 g/mol. The highest BCUT2D eigenvalue weighted by molar-refractivity contribution is 5.47. The molecule has 0 spiro atoms. The first-order valence-electron chi connectivity index (χ1n) is 10.7. The van der Waals surface area contributed by atoms with Crippen molar-refractivity contribution in [2.24, 2.45) is 5.92 Å². The van der Waals surface area contributed by atoms with E-state index in [-0.39, 0.29) is 10.8 Å². The highest BCUT2D eigenvalue weighted by atomic mass is 15.2. The molecular weight excluding hydrogens is 328 g/mol. The van der Waals surface area contributed by atoms with Gasteiger partial charge in [0.15, 0.2) is 5.69 Å². The molecule has 2 aromatic rings. The van der Waals surface area contributed by atoms with E-state index in [1.54, 1.807) is 0 Å². The molecule has 1 aliphatic heterocycles. The molecule has 0 amide bonds. The van der Waals surface area contributed by atoms with Gasteiger partial charge in [0.1, 0.15) is 11.4 Å². The van der Waals surface area contributed by atoms with Gasteiger partial charge in [-0.05, 0) is 71.1 Å². The van der Waals surface area contributed by atoms with Crippen LogP contribution in [0.25, 0.3) is 11.9 Å². The lowest BCUT2D eigenvalue weighted by Gasteiger charge is -2.34. The van der Waals surface area contributed by atoms with Crippen LogP contribution in [0.4, 0.5) is 0 Å². The van der Waals surface area contributed by atoms with Crippen LogP contribution in [-0.4, -0.2) is 4.57 Å². The summed E-state index contributed by atoms with van der Waals surface area (Å²) in [4.78, 5) is 0. The van der Waals surface area contributed by atoms with Crippen LogP contribution in [0.3, 0.4) is 0 Å². The SMILES string of the molecule is Cc1ccccc1-n1c(C)c2[n+](c1C(C)(C)C)C=CC2(C)C1CCCCC1. The Kier molecular flexibility index (Phi) is 4.36. The molecule has 4 rings (SSSR count). The van der Waals surface area contributed by atoms with Crippen LogP contribution in [0, 0.1) is 19.8 Å². The van der Waals surface area contributed by atoms with Crippen molar-refractivity contribution in [2.45, 2.75) is 84.5 Å². The van der Waals surface area contributed by atoms with Crippen LogP contribution in [0.5, 0.6) is 0 Å². The molecule has 1 saturated carbocycles. The third kappa shape index (κ3) is 2.80. The molecule has 1 atom stereocenters. The van der Waals surface area contributed by atoms with Crippen molar-refractivity contribution in [3.05, 3.63) is 53.1 Å². The van der Waals surface area contributed by atoms with Crippen molar-refractivity contribution in [3.8, 4) is 5.69 Å². The fraction of sp³-hybridized carbons (Fsp3) is 0.560. The van der Waals surface area contributed by atoms with Crippen LogP contribution in [-0.2, 0) is 10.8 Å². The predicted octanol–water partition coefficient (Wildman–Crippen LogP) is 6.00. The van der Waals surface area contributed by atoms with Crippen LogP contribution in [0.2, 0.25) is 0 Å². The average Bonchev–Trinajstić information content (AvgIpc) is 3.13. The van der Waals surface area contributed by atoms with Crippen LogP contribution < -0.4 is 4.57 Å². The molecule has 2 aliphatic rings. The van der Waals surface area contributed by atoms with E-state index in [0.29, 0.717) is 0 Å². The second-order valence-corrected chi connectivity index (χ2v) is 9.93. The fourth-order valence-electron chi connectivity index (χ4n) is 5.59. The number of nitrogens with zero attached hydrogens (tertiary/aromatic N) is 2. The molecule has 144 valence electrons. The maximum Gasteiger partial charge on any atom is 0.272 e. The number of imidazole rings is 1. The zero-order valence-corrected chi connectivity index (χ0v) is 18.0. The highest BCUT2D eigenvalue weighted by Crippen LogP contribution is 2.45. The highest BCUT2D eigenvalue weighted by Gasteiger charge is 2.49. The number of para-hydroxylation sites is 1. The second kappa shape index (κ2) is 6.36. The number of rotatable bonds is 2. The van der Waals surface area contributed by atoms with Gasteiger partial charge in [-0.1, -0.05) is 37.5 Å². The Labute approximate surface area is 164 Å². The first kappa shape index (κ1) is 18.5. The lowest BCUT2D eigenvalue weighted by atomic mass is 9.68. The maximum absolute atomic E-state index is 2.54. The smallest absolute Gasteiger partial charge is 0.202 e. The molecule has 1 aromatic heterocycles. The molecule has 1 unspecified atom stereocenters. The van der Waals surface area contributed by atoms with E-state index < -0.39 is 0 Å². The third-order valence-electron chi connectivity index (χ3n) is 6.92. The molecule has 1 aromatic carbocycles. The van der Waals surface area contributed by atoms with Crippen molar-refractivity contribution in [3.63, 3.8) is 0 Å². The number of benzene rings is 1. The van der Waals surface area contributed by atoms with Crippen LogP contribution in [0.15, 0.2) is 30.3 Å². The van der Waals surface area contributed by atoms with Crippen molar-refractivity contribution in [1.82, 2.24) is 4.57 Å². The second-order valence-electron chi connectivity index (χ2n) is 9.93. The van der Waals surface area contributed by atoms with Crippen molar-refractivity contribution in [2.75, 3.05) is 0 Å². The molecule has 2 nitrogen and oxygen atoms in total. The van der Waals surface area contributed by atoms with Gasteiger partial charge in [0.05, 0.1) is 17.0 Å². The summed E-state index contributed by atoms with van der Waals surface area (Å²) in [5.74, 6) is 2.15. The standard InChI is InChI=1S/C25H35N2/c1-18-12-10-11-15-21(18)27-19(2)22-25(6,20-13-8-7-9-14-20)16-17-26(22)23(27)24(3,4)5/h10-12,15-17,20H,7-9,13-14H2,1-6H3/q+1. The molecule has 0 bridgehead atoms. The lowest BCUT2D eigenvalue weighted by Crippen LogP contribution is -2.42. The Balaban J connectivity index is 1.97. The summed E-state index contributed by atoms with van der Waals surface area (Å²) in [6.45, 7) is 14.1. The molecule has 1 fully saturated rings. The predicted molar refractivity (Wildman–Crippen MR) is 113 cm³/mol. The Bertz CT molecular complexity index is 888. The number of fused-ring (bicyclic) bond motifs is 1. The van der Waals surface area contributed by atoms with Gasteiger partial charge >= 0.3 is 0 Å². The zero-order valence-electron chi connectivity index (χ0n) is 18.0. The van der Waals surface area contributed by atoms with E-state index in [2.05, 4.69) is 87.2 Å². The van der Waals surface area contributed by atoms with Gasteiger partial charge in [-0.25, -0.2) is 4.57 Å². The van der Waals surface area contributed by atoms with Gasteiger partial charge in [0.2, 0.25) is 0 Å². The lowest BCUT2D eigenvalue weighted by molar-refractivity contribution is -0.587. The van der Waals surface area contributed by atoms with E-state index in [0.717, 1.165) is 5.92 Å². The minimum absolute atomic E-state index is 0.0629. The van der Waals surface area contributed by atoms with Gasteiger partial charge in [-0.3, -0.25) is 0 Å². The molecule has 2 heteroatoms. The number of allylic oxidation sites excluding steroid dienone is 1. The Morgan fingerprint density at radius 3 is 2.33 bits per heavy atom. The number of hydrogen-bond donors (Lipinski definition) is 0. The normalized spacial score (nSPS) is 23.0. The van der Waals surface area contributed by atoms with Gasteiger partial charge < -0.3 is 0 Å². The maximum atomic E-state index is 2.54. The van der Waals surface area contributed by atoms with Crippen molar-refractivity contribution < 1.29 is 4.57 Å². The Morgan fingerprint density at radius 2 is 1.70 bits per heavy atom. The van der Waals surface area contributed by atoms with Crippen molar-refractivity contribution >= 4 is 6.20 Å². The van der Waals surface area contributed by atoms with Gasteiger partial charge in [-0.15, -0.1) is 0 Å². The monoisotopic (exact) mass is 363 g/mol. The van der Waals surface area contributed by atoms with Crippen LogP contribution in [0.1, 0.15) is 82.6 Å². The summed E-state index contributed by atoms with van der Waals surface area (Å²) in [7, 11) is 0. The molecule has 0 N–H and O–H groups in total. The topological polar surface area (TPSA) is 8.81 Å². The third-order valence-corrected chi connectivity index (χ3v) is 6.92. The zero-order chi connectivity index (χ0) is 19.4. The van der Waals surface area contributed by atoms with Gasteiger partial charge in [-0.2, -0.15) is 4.57 Å². The van der Waals surface area contributed by atoms with Gasteiger partial charge in [0.25, 0.3) is 5.82 Å². The molecule has 27 heavy (non-hydrogen) atoms. The van der Waals surface area contributed by atoms with Crippen molar-refractivity contribution in [1.29, 1.82) is 0 Å². The largest absolute Gasteiger partial charge is 0.272 e. The summed E-state index contributed by atoms with van der Waals surface area (Å²) in [6.07, 6.45) is 11.8. The van der Waals surface area contributed by atoms with E-state index in [1.165, 1.54) is 60.6 Å². The summed E-state index contributed by atoms with van der Waals surface area (Å²) in [5, 5.41) is 0. The minimum Gasteiger partial charge on any atom is -0.202 e. The first-order valence-corrected chi connectivity index (χ1v) is 10.7. The van der Waals surface area contributed by atoms with E-state index in [4.69, 9.17) is 0 Å². The summed E-state index contributed by atoms with van der Waals surface area (Å²) in [6, 6.07) is 8.81. The quantitative estimate of drug-likeness (QED) is 0.579. The number of aromatic nitrogens is 2. The molecule has 1 aliphatic carbocycles. The van der Waals surface area contributed by atoms with E-state index in [9.17, 15) is 0 Å². The number of aryl methyl sites for hydroxylation is 1. The summed E-state index contributed by atoms with van der Waals surface area (Å²) in [5.41, 5.74) is 5.80. The molecule has 0 radical (unpaired) electrons.